The van der Waals surface area contributed by atoms with Gasteiger partial charge in [-0.25, -0.2) is 4.39 Å². The maximum absolute atomic E-state index is 13.0. The summed E-state index contributed by atoms with van der Waals surface area (Å²) < 4.78 is 18.6. The first-order valence-corrected chi connectivity index (χ1v) is 7.82. The number of hydrogen-bond acceptors (Lipinski definition) is 2. The van der Waals surface area contributed by atoms with Gasteiger partial charge >= 0.3 is 0 Å². The molecule has 0 spiro atoms. The molecule has 0 N–H and O–H groups in total. The Hall–Kier alpha value is -2.10. The second-order valence-electron chi connectivity index (χ2n) is 5.87. The molecule has 2 aromatic rings. The fourth-order valence-corrected chi connectivity index (χ4v) is 2.54. The largest absolute Gasteiger partial charge is 0.451 e. The molecule has 3 rings (SSSR count). The van der Waals surface area contributed by atoms with Crippen LogP contribution in [0, 0.1) is 11.7 Å². The highest BCUT2D eigenvalue weighted by molar-refractivity contribution is 5.92. The Kier molecular flexibility index (Phi) is 4.27. The Morgan fingerprint density at radius 2 is 1.95 bits per heavy atom. The second kappa shape index (κ2) is 6.34. The summed E-state index contributed by atoms with van der Waals surface area (Å²) in [6, 6.07) is 9.54. The highest BCUT2D eigenvalue weighted by atomic mass is 19.1. The predicted octanol–water partition coefficient (Wildman–Crippen LogP) is 4.35. The zero-order chi connectivity index (χ0) is 15.5. The molecule has 1 heterocycles. The third kappa shape index (κ3) is 3.38. The van der Waals surface area contributed by atoms with Gasteiger partial charge in [0.2, 0.25) is 0 Å². The normalized spacial score (nSPS) is 14.1. The lowest BCUT2D eigenvalue weighted by Crippen LogP contribution is -2.33. The van der Waals surface area contributed by atoms with E-state index >= 15 is 0 Å². The van der Waals surface area contributed by atoms with Crippen molar-refractivity contribution in [3.05, 3.63) is 48.0 Å². The van der Waals surface area contributed by atoms with E-state index in [-0.39, 0.29) is 11.7 Å². The lowest BCUT2D eigenvalue weighted by molar-refractivity contribution is 0.0716. The molecule has 4 heteroatoms. The quantitative estimate of drug-likeness (QED) is 0.795. The highest BCUT2D eigenvalue weighted by Crippen LogP contribution is 2.30. The monoisotopic (exact) mass is 301 g/mol. The van der Waals surface area contributed by atoms with E-state index in [1.54, 1.807) is 24.3 Å². The van der Waals surface area contributed by atoms with Crippen LogP contribution in [0.15, 0.2) is 40.8 Å². The van der Waals surface area contributed by atoms with Crippen molar-refractivity contribution in [3.63, 3.8) is 0 Å². The zero-order valence-electron chi connectivity index (χ0n) is 12.7. The molecule has 0 atom stereocenters. The molecule has 0 unspecified atom stereocenters. The van der Waals surface area contributed by atoms with Gasteiger partial charge in [-0.15, -0.1) is 0 Å². The van der Waals surface area contributed by atoms with Crippen LogP contribution in [-0.4, -0.2) is 23.9 Å². The number of hydrogen-bond donors (Lipinski definition) is 0. The number of rotatable bonds is 6. The van der Waals surface area contributed by atoms with Gasteiger partial charge in [0.15, 0.2) is 5.76 Å². The van der Waals surface area contributed by atoms with E-state index in [1.807, 2.05) is 4.90 Å². The number of furan rings is 1. The maximum atomic E-state index is 13.0. The summed E-state index contributed by atoms with van der Waals surface area (Å²) in [5.41, 5.74) is 0.768. The van der Waals surface area contributed by atoms with Crippen molar-refractivity contribution in [1.29, 1.82) is 0 Å². The standard InChI is InChI=1S/C18H20FNO2/c1-2-11-20(12-13-3-4-13)18(21)17-10-9-16(22-17)14-5-7-15(19)8-6-14/h5-10,13H,2-4,11-12H2,1H3. The minimum atomic E-state index is -0.287. The third-order valence-electron chi connectivity index (χ3n) is 3.90. The van der Waals surface area contributed by atoms with Crippen LogP contribution < -0.4 is 0 Å². The van der Waals surface area contributed by atoms with Gasteiger partial charge in [-0.05, 0) is 61.6 Å². The molecule has 3 nitrogen and oxygen atoms in total. The molecule has 1 aromatic heterocycles. The van der Waals surface area contributed by atoms with Crippen molar-refractivity contribution in [2.45, 2.75) is 26.2 Å². The van der Waals surface area contributed by atoms with Gasteiger partial charge in [0.25, 0.3) is 5.91 Å². The number of halogens is 1. The molecular weight excluding hydrogens is 281 g/mol. The molecular formula is C18H20FNO2. The molecule has 0 aliphatic heterocycles. The van der Waals surface area contributed by atoms with Crippen LogP contribution in [0.1, 0.15) is 36.7 Å². The Morgan fingerprint density at radius 3 is 2.59 bits per heavy atom. The van der Waals surface area contributed by atoms with E-state index in [1.165, 1.54) is 25.0 Å². The van der Waals surface area contributed by atoms with Gasteiger partial charge in [-0.1, -0.05) is 6.92 Å². The predicted molar refractivity (Wildman–Crippen MR) is 83.0 cm³/mol. The molecule has 1 aliphatic carbocycles. The highest BCUT2D eigenvalue weighted by Gasteiger charge is 2.28. The SMILES string of the molecule is CCCN(CC1CC1)C(=O)c1ccc(-c2ccc(F)cc2)o1. The van der Waals surface area contributed by atoms with Crippen LogP contribution in [0.5, 0.6) is 0 Å². The minimum absolute atomic E-state index is 0.0536. The van der Waals surface area contributed by atoms with Crippen molar-refractivity contribution in [2.75, 3.05) is 13.1 Å². The van der Waals surface area contributed by atoms with E-state index in [4.69, 9.17) is 4.42 Å². The van der Waals surface area contributed by atoms with Crippen LogP contribution in [0.3, 0.4) is 0 Å². The fourth-order valence-electron chi connectivity index (χ4n) is 2.54. The van der Waals surface area contributed by atoms with E-state index in [0.717, 1.165) is 25.1 Å². The molecule has 1 aliphatic rings. The molecule has 1 amide bonds. The molecule has 1 fully saturated rings. The van der Waals surface area contributed by atoms with Crippen molar-refractivity contribution in [2.24, 2.45) is 5.92 Å². The van der Waals surface area contributed by atoms with Crippen LogP contribution in [0.2, 0.25) is 0 Å². The summed E-state index contributed by atoms with van der Waals surface area (Å²) in [6.45, 7) is 3.64. The van der Waals surface area contributed by atoms with E-state index < -0.39 is 0 Å². The number of carbonyl (C=O) groups excluding carboxylic acids is 1. The average molecular weight is 301 g/mol. The van der Waals surface area contributed by atoms with Gasteiger partial charge in [-0.2, -0.15) is 0 Å². The van der Waals surface area contributed by atoms with Crippen molar-refractivity contribution < 1.29 is 13.6 Å². The lowest BCUT2D eigenvalue weighted by Gasteiger charge is -2.20. The summed E-state index contributed by atoms with van der Waals surface area (Å²) in [5.74, 6) is 1.26. The van der Waals surface area contributed by atoms with Crippen molar-refractivity contribution >= 4 is 5.91 Å². The van der Waals surface area contributed by atoms with E-state index in [2.05, 4.69) is 6.92 Å². The molecule has 22 heavy (non-hydrogen) atoms. The summed E-state index contributed by atoms with van der Waals surface area (Å²) in [6.07, 6.45) is 3.36. The van der Waals surface area contributed by atoms with Crippen molar-refractivity contribution in [3.8, 4) is 11.3 Å². The zero-order valence-corrected chi connectivity index (χ0v) is 12.7. The van der Waals surface area contributed by atoms with Gasteiger partial charge in [0.05, 0.1) is 0 Å². The number of amides is 1. The molecule has 0 radical (unpaired) electrons. The Labute approximate surface area is 129 Å². The van der Waals surface area contributed by atoms with Crippen LogP contribution in [0.4, 0.5) is 4.39 Å². The van der Waals surface area contributed by atoms with E-state index in [0.29, 0.717) is 17.4 Å². The molecule has 1 saturated carbocycles. The topological polar surface area (TPSA) is 33.5 Å². The number of carbonyl (C=O) groups is 1. The van der Waals surface area contributed by atoms with E-state index in [9.17, 15) is 9.18 Å². The van der Waals surface area contributed by atoms with Gasteiger partial charge in [0, 0.05) is 18.7 Å². The second-order valence-corrected chi connectivity index (χ2v) is 5.87. The third-order valence-corrected chi connectivity index (χ3v) is 3.90. The van der Waals surface area contributed by atoms with Crippen LogP contribution in [0.25, 0.3) is 11.3 Å². The van der Waals surface area contributed by atoms with Crippen molar-refractivity contribution in [1.82, 2.24) is 4.90 Å². The van der Waals surface area contributed by atoms with Gasteiger partial charge < -0.3 is 9.32 Å². The molecule has 116 valence electrons. The summed E-state index contributed by atoms with van der Waals surface area (Å²) >= 11 is 0. The van der Waals surface area contributed by atoms with Crippen LogP contribution >= 0.6 is 0 Å². The summed E-state index contributed by atoms with van der Waals surface area (Å²) in [4.78, 5) is 14.4. The number of benzene rings is 1. The Bertz CT molecular complexity index is 643. The summed E-state index contributed by atoms with van der Waals surface area (Å²) in [7, 11) is 0. The summed E-state index contributed by atoms with van der Waals surface area (Å²) in [5, 5.41) is 0. The fraction of sp³-hybridized carbons (Fsp3) is 0.389. The van der Waals surface area contributed by atoms with Gasteiger partial charge in [-0.3, -0.25) is 4.79 Å². The molecule has 1 aromatic carbocycles. The first-order chi connectivity index (χ1) is 10.7. The number of nitrogens with zero attached hydrogens (tertiary/aromatic N) is 1. The van der Waals surface area contributed by atoms with Crippen LogP contribution in [-0.2, 0) is 0 Å². The molecule has 0 saturated heterocycles. The first-order valence-electron chi connectivity index (χ1n) is 7.82. The Balaban J connectivity index is 1.76. The average Bonchev–Trinajstić information content (AvgIpc) is 3.20. The lowest BCUT2D eigenvalue weighted by atomic mass is 10.2. The smallest absolute Gasteiger partial charge is 0.289 e. The first kappa shape index (κ1) is 14.8. The Morgan fingerprint density at radius 1 is 1.23 bits per heavy atom. The maximum Gasteiger partial charge on any atom is 0.289 e. The van der Waals surface area contributed by atoms with Gasteiger partial charge in [0.1, 0.15) is 11.6 Å². The minimum Gasteiger partial charge on any atom is -0.451 e. The molecule has 0 bridgehead atoms.